The summed E-state index contributed by atoms with van der Waals surface area (Å²) in [7, 11) is 0. The fraction of sp³-hybridized carbons (Fsp3) is 0.357. The maximum absolute atomic E-state index is 11.1. The van der Waals surface area contributed by atoms with Gasteiger partial charge in [0.15, 0.2) is 6.29 Å². The average Bonchev–Trinajstić information content (AvgIpc) is 2.75. The van der Waals surface area contributed by atoms with Crippen LogP contribution in [0.25, 0.3) is 0 Å². The quantitative estimate of drug-likeness (QED) is 0.810. The van der Waals surface area contributed by atoms with Crippen molar-refractivity contribution >= 4 is 17.9 Å². The zero-order valence-corrected chi connectivity index (χ0v) is 12.0. The normalized spacial score (nSPS) is 11.6. The molecule has 0 unspecified atom stereocenters. The van der Waals surface area contributed by atoms with Crippen molar-refractivity contribution in [3.8, 4) is 0 Å². The van der Waals surface area contributed by atoms with Crippen molar-refractivity contribution < 1.29 is 4.79 Å². The van der Waals surface area contributed by atoms with Gasteiger partial charge >= 0.3 is 0 Å². The maximum Gasteiger partial charge on any atom is 0.172 e. The molecule has 0 amide bonds. The van der Waals surface area contributed by atoms with E-state index in [1.54, 1.807) is 4.68 Å². The largest absolute Gasteiger partial charge is 0.296 e. The van der Waals surface area contributed by atoms with Crippen molar-refractivity contribution in [3.63, 3.8) is 0 Å². The molecule has 5 heteroatoms. The van der Waals surface area contributed by atoms with Crippen LogP contribution in [0.3, 0.4) is 0 Å². The Kier molecular flexibility index (Phi) is 3.71. The van der Waals surface area contributed by atoms with Gasteiger partial charge in [0.2, 0.25) is 0 Å². The molecule has 2 aromatic rings. The third-order valence-corrected chi connectivity index (χ3v) is 3.08. The Bertz CT molecular complexity index is 582. The lowest BCUT2D eigenvalue weighted by atomic mass is 9.90. The van der Waals surface area contributed by atoms with E-state index in [0.717, 1.165) is 17.5 Å². The van der Waals surface area contributed by atoms with E-state index in [1.165, 1.54) is 0 Å². The molecule has 1 aromatic heterocycles. The third kappa shape index (κ3) is 3.01. The number of benzene rings is 1. The number of carbonyl (C=O) groups excluding carboxylic acids is 1. The summed E-state index contributed by atoms with van der Waals surface area (Å²) in [5.41, 5.74) is 2.13. The first-order chi connectivity index (χ1) is 8.91. The zero-order chi connectivity index (χ0) is 14.0. The molecule has 0 aliphatic carbocycles. The summed E-state index contributed by atoms with van der Waals surface area (Å²) in [6, 6.07) is 7.56. The van der Waals surface area contributed by atoms with Gasteiger partial charge in [0.1, 0.15) is 5.69 Å². The first kappa shape index (κ1) is 13.7. The lowest BCUT2D eigenvalue weighted by Crippen LogP contribution is -2.20. The summed E-state index contributed by atoms with van der Waals surface area (Å²) in [5, 5.41) is 8.71. The summed E-state index contributed by atoms with van der Waals surface area (Å²) in [4.78, 5) is 11.1. The molecule has 0 bridgehead atoms. The van der Waals surface area contributed by atoms with Crippen molar-refractivity contribution in [2.75, 3.05) is 0 Å². The monoisotopic (exact) mass is 277 g/mol. The molecule has 0 saturated heterocycles. The van der Waals surface area contributed by atoms with Gasteiger partial charge in [-0.25, -0.2) is 4.68 Å². The van der Waals surface area contributed by atoms with Gasteiger partial charge in [-0.2, -0.15) is 0 Å². The van der Waals surface area contributed by atoms with E-state index in [0.29, 0.717) is 17.3 Å². The smallest absolute Gasteiger partial charge is 0.172 e. The van der Waals surface area contributed by atoms with Crippen LogP contribution in [0.5, 0.6) is 0 Å². The van der Waals surface area contributed by atoms with Crippen LogP contribution < -0.4 is 0 Å². The van der Waals surface area contributed by atoms with E-state index >= 15 is 0 Å². The number of hydrogen-bond acceptors (Lipinski definition) is 3. The van der Waals surface area contributed by atoms with E-state index in [2.05, 4.69) is 10.3 Å². The second kappa shape index (κ2) is 5.13. The van der Waals surface area contributed by atoms with E-state index in [-0.39, 0.29) is 5.41 Å². The van der Waals surface area contributed by atoms with Crippen molar-refractivity contribution in [2.24, 2.45) is 0 Å². The number of rotatable bonds is 3. The number of carbonyl (C=O) groups is 1. The standard InChI is InChI=1S/C14H16ClN3O/c1-14(2,3)13-12(9-19)16-17-18(13)8-10-4-6-11(15)7-5-10/h4-7,9H,8H2,1-3H3. The fourth-order valence-corrected chi connectivity index (χ4v) is 2.18. The lowest BCUT2D eigenvalue weighted by molar-refractivity contribution is 0.111. The molecule has 0 atom stereocenters. The van der Waals surface area contributed by atoms with Gasteiger partial charge in [-0.1, -0.05) is 49.7 Å². The Morgan fingerprint density at radius 1 is 1.26 bits per heavy atom. The van der Waals surface area contributed by atoms with E-state index in [1.807, 2.05) is 45.0 Å². The van der Waals surface area contributed by atoms with Crippen molar-refractivity contribution in [3.05, 3.63) is 46.2 Å². The molecule has 2 rings (SSSR count). The highest BCUT2D eigenvalue weighted by Crippen LogP contribution is 2.24. The third-order valence-electron chi connectivity index (χ3n) is 2.83. The molecule has 100 valence electrons. The lowest BCUT2D eigenvalue weighted by Gasteiger charge is -2.20. The minimum atomic E-state index is -0.188. The predicted octanol–water partition coefficient (Wildman–Crippen LogP) is 3.09. The molecular weight excluding hydrogens is 262 g/mol. The molecule has 0 aliphatic rings. The van der Waals surface area contributed by atoms with Crippen LogP contribution >= 0.6 is 11.6 Å². The predicted molar refractivity (Wildman–Crippen MR) is 74.7 cm³/mol. The van der Waals surface area contributed by atoms with Gasteiger partial charge in [-0.05, 0) is 17.7 Å². The van der Waals surface area contributed by atoms with Crippen LogP contribution in [-0.4, -0.2) is 21.3 Å². The van der Waals surface area contributed by atoms with Crippen molar-refractivity contribution in [2.45, 2.75) is 32.7 Å². The number of nitrogens with zero attached hydrogens (tertiary/aromatic N) is 3. The van der Waals surface area contributed by atoms with Gasteiger partial charge in [0.25, 0.3) is 0 Å². The number of aromatic nitrogens is 3. The summed E-state index contributed by atoms with van der Waals surface area (Å²) < 4.78 is 1.77. The van der Waals surface area contributed by atoms with Crippen LogP contribution in [0.2, 0.25) is 5.02 Å². The van der Waals surface area contributed by atoms with Crippen LogP contribution in [0.4, 0.5) is 0 Å². The topological polar surface area (TPSA) is 47.8 Å². The first-order valence-electron chi connectivity index (χ1n) is 6.05. The molecular formula is C14H16ClN3O. The van der Waals surface area contributed by atoms with Crippen molar-refractivity contribution in [1.29, 1.82) is 0 Å². The molecule has 0 N–H and O–H groups in total. The maximum atomic E-state index is 11.1. The highest BCUT2D eigenvalue weighted by atomic mass is 35.5. The van der Waals surface area contributed by atoms with Gasteiger partial charge in [0, 0.05) is 10.4 Å². The van der Waals surface area contributed by atoms with E-state index in [4.69, 9.17) is 11.6 Å². The summed E-state index contributed by atoms with van der Waals surface area (Å²) in [5.74, 6) is 0. The zero-order valence-electron chi connectivity index (χ0n) is 11.2. The van der Waals surface area contributed by atoms with Crippen LogP contribution in [0.1, 0.15) is 42.5 Å². The molecule has 0 radical (unpaired) electrons. The number of halogens is 1. The van der Waals surface area contributed by atoms with Gasteiger partial charge in [-0.3, -0.25) is 4.79 Å². The molecule has 4 nitrogen and oxygen atoms in total. The van der Waals surface area contributed by atoms with Crippen LogP contribution in [0, 0.1) is 0 Å². The second-order valence-electron chi connectivity index (χ2n) is 5.48. The summed E-state index contributed by atoms with van der Waals surface area (Å²) in [6.07, 6.45) is 0.756. The summed E-state index contributed by atoms with van der Waals surface area (Å²) >= 11 is 5.86. The van der Waals surface area contributed by atoms with Crippen molar-refractivity contribution in [1.82, 2.24) is 15.0 Å². The highest BCUT2D eigenvalue weighted by molar-refractivity contribution is 6.30. The van der Waals surface area contributed by atoms with Gasteiger partial charge in [0.05, 0.1) is 12.2 Å². The second-order valence-corrected chi connectivity index (χ2v) is 5.91. The molecule has 1 heterocycles. The van der Waals surface area contributed by atoms with Crippen LogP contribution in [0.15, 0.2) is 24.3 Å². The average molecular weight is 278 g/mol. The first-order valence-corrected chi connectivity index (χ1v) is 6.43. The van der Waals surface area contributed by atoms with Crippen LogP contribution in [-0.2, 0) is 12.0 Å². The summed E-state index contributed by atoms with van der Waals surface area (Å²) in [6.45, 7) is 6.69. The molecule has 0 fully saturated rings. The Morgan fingerprint density at radius 3 is 2.42 bits per heavy atom. The Morgan fingerprint density at radius 2 is 1.89 bits per heavy atom. The SMILES string of the molecule is CC(C)(C)c1c(C=O)nnn1Cc1ccc(Cl)cc1. The van der Waals surface area contributed by atoms with Gasteiger partial charge < -0.3 is 0 Å². The number of hydrogen-bond donors (Lipinski definition) is 0. The molecule has 0 aliphatic heterocycles. The number of aldehydes is 1. The Balaban J connectivity index is 2.38. The highest BCUT2D eigenvalue weighted by Gasteiger charge is 2.25. The van der Waals surface area contributed by atoms with Gasteiger partial charge in [-0.15, -0.1) is 5.10 Å². The van der Waals surface area contributed by atoms with E-state index in [9.17, 15) is 4.79 Å². The van der Waals surface area contributed by atoms with E-state index < -0.39 is 0 Å². The fourth-order valence-electron chi connectivity index (χ4n) is 2.05. The minimum Gasteiger partial charge on any atom is -0.296 e. The molecule has 0 saturated carbocycles. The Labute approximate surface area is 117 Å². The molecule has 1 aromatic carbocycles. The minimum absolute atomic E-state index is 0.188. The molecule has 0 spiro atoms. The molecule has 19 heavy (non-hydrogen) atoms. The Hall–Kier alpha value is -1.68.